The molecule has 16 heavy (non-hydrogen) atoms. The number of nitrogens with one attached hydrogen (secondary N) is 1. The van der Waals surface area contributed by atoms with E-state index in [9.17, 15) is 5.11 Å². The lowest BCUT2D eigenvalue weighted by atomic mass is 10.0. The maximum Gasteiger partial charge on any atom is 0.0902 e. The molecule has 86 valence electrons. The molecular formula is C12H16N2OS. The van der Waals surface area contributed by atoms with Crippen LogP contribution in [0.25, 0.3) is 0 Å². The van der Waals surface area contributed by atoms with Crippen molar-refractivity contribution in [2.24, 2.45) is 0 Å². The summed E-state index contributed by atoms with van der Waals surface area (Å²) in [5, 5.41) is 13.6. The van der Waals surface area contributed by atoms with Gasteiger partial charge in [0.25, 0.3) is 0 Å². The molecule has 0 saturated carbocycles. The molecule has 2 saturated heterocycles. The molecular weight excluding hydrogens is 220 g/mol. The van der Waals surface area contributed by atoms with Crippen LogP contribution in [0, 0.1) is 0 Å². The molecule has 0 bridgehead atoms. The zero-order valence-electron chi connectivity index (χ0n) is 9.10. The summed E-state index contributed by atoms with van der Waals surface area (Å²) in [5.74, 6) is 0. The summed E-state index contributed by atoms with van der Waals surface area (Å²) in [6, 6.07) is 10.3. The lowest BCUT2D eigenvalue weighted by molar-refractivity contribution is 0.153. The highest BCUT2D eigenvalue weighted by Gasteiger charge is 2.49. The molecule has 2 fully saturated rings. The average Bonchev–Trinajstić information content (AvgIpc) is 2.91. The Bertz CT molecular complexity index is 365. The minimum Gasteiger partial charge on any atom is -0.390 e. The van der Waals surface area contributed by atoms with E-state index in [1.807, 2.05) is 18.2 Å². The van der Waals surface area contributed by atoms with Gasteiger partial charge in [0.1, 0.15) is 0 Å². The quantitative estimate of drug-likeness (QED) is 0.719. The summed E-state index contributed by atoms with van der Waals surface area (Å²) in [5.41, 5.74) is 1.19. The second kappa shape index (κ2) is 3.95. The summed E-state index contributed by atoms with van der Waals surface area (Å²) < 4.78 is 2.23. The Hall–Kier alpha value is -0.710. The molecule has 1 aromatic carbocycles. The lowest BCUT2D eigenvalue weighted by Crippen LogP contribution is -2.38. The van der Waals surface area contributed by atoms with Crippen molar-refractivity contribution in [1.82, 2.24) is 5.32 Å². The molecule has 2 heterocycles. The minimum atomic E-state index is -0.229. The van der Waals surface area contributed by atoms with Gasteiger partial charge in [-0.05, 0) is 37.0 Å². The largest absolute Gasteiger partial charge is 0.390 e. The topological polar surface area (TPSA) is 35.5 Å². The van der Waals surface area contributed by atoms with Crippen LogP contribution >= 0.6 is 11.9 Å². The van der Waals surface area contributed by atoms with Crippen LogP contribution in [-0.4, -0.2) is 35.6 Å². The van der Waals surface area contributed by atoms with E-state index in [-0.39, 0.29) is 10.9 Å². The fourth-order valence-corrected chi connectivity index (χ4v) is 3.88. The Morgan fingerprint density at radius 3 is 2.88 bits per heavy atom. The number of aliphatic hydroxyl groups excluding tert-OH is 1. The Morgan fingerprint density at radius 2 is 2.19 bits per heavy atom. The molecule has 0 aliphatic carbocycles. The lowest BCUT2D eigenvalue weighted by Gasteiger charge is -2.24. The molecule has 4 heteroatoms. The first-order valence-corrected chi connectivity index (χ1v) is 6.48. The van der Waals surface area contributed by atoms with Crippen LogP contribution in [0.1, 0.15) is 6.42 Å². The van der Waals surface area contributed by atoms with E-state index in [1.165, 1.54) is 5.69 Å². The number of para-hydroxylation sites is 1. The summed E-state index contributed by atoms with van der Waals surface area (Å²) >= 11 is 1.80. The van der Waals surface area contributed by atoms with Crippen LogP contribution < -0.4 is 9.62 Å². The van der Waals surface area contributed by atoms with Crippen LogP contribution in [0.15, 0.2) is 30.3 Å². The third-order valence-corrected chi connectivity index (χ3v) is 5.00. The third-order valence-electron chi connectivity index (χ3n) is 3.43. The Morgan fingerprint density at radius 1 is 1.38 bits per heavy atom. The number of nitrogens with zero attached hydrogens (tertiary/aromatic N) is 1. The number of β-amino-alcohol motifs (C(OH)–C–C–N with tert-alkyl or cyclic N) is 1. The molecule has 2 aliphatic heterocycles. The van der Waals surface area contributed by atoms with Crippen molar-refractivity contribution in [1.29, 1.82) is 0 Å². The van der Waals surface area contributed by atoms with Crippen molar-refractivity contribution >= 4 is 17.6 Å². The summed E-state index contributed by atoms with van der Waals surface area (Å²) in [6.45, 7) is 2.67. The highest BCUT2D eigenvalue weighted by atomic mass is 32.2. The number of aliphatic hydroxyl groups is 1. The molecule has 2 atom stereocenters. The van der Waals surface area contributed by atoms with Gasteiger partial charge in [0, 0.05) is 12.2 Å². The Kier molecular flexibility index (Phi) is 2.58. The standard InChI is InChI=1S/C12H16N2OS/c15-11-8-14(10-4-2-1-3-5-10)16-12(11)6-7-13-9-12/h1-5,11,13,15H,6-9H2/t11-,12+/m0/s1. The molecule has 0 amide bonds. The zero-order valence-corrected chi connectivity index (χ0v) is 9.91. The maximum absolute atomic E-state index is 10.2. The van der Waals surface area contributed by atoms with Crippen molar-refractivity contribution in [3.8, 4) is 0 Å². The van der Waals surface area contributed by atoms with Crippen molar-refractivity contribution in [3.63, 3.8) is 0 Å². The molecule has 0 radical (unpaired) electrons. The van der Waals surface area contributed by atoms with Gasteiger partial charge in [0.05, 0.1) is 17.4 Å². The van der Waals surface area contributed by atoms with E-state index in [1.54, 1.807) is 11.9 Å². The Labute approximate surface area is 100.0 Å². The van der Waals surface area contributed by atoms with Crippen LogP contribution in [0.5, 0.6) is 0 Å². The van der Waals surface area contributed by atoms with Gasteiger partial charge < -0.3 is 14.7 Å². The molecule has 3 nitrogen and oxygen atoms in total. The molecule has 2 N–H and O–H groups in total. The molecule has 0 unspecified atom stereocenters. The molecule has 1 spiro atoms. The van der Waals surface area contributed by atoms with E-state index < -0.39 is 0 Å². The van der Waals surface area contributed by atoms with Gasteiger partial charge in [-0.2, -0.15) is 0 Å². The fraction of sp³-hybridized carbons (Fsp3) is 0.500. The van der Waals surface area contributed by atoms with E-state index in [0.29, 0.717) is 0 Å². The third kappa shape index (κ3) is 1.61. The zero-order chi connectivity index (χ0) is 11.0. The van der Waals surface area contributed by atoms with E-state index in [2.05, 4.69) is 21.8 Å². The van der Waals surface area contributed by atoms with Crippen LogP contribution in [0.4, 0.5) is 5.69 Å². The monoisotopic (exact) mass is 236 g/mol. The van der Waals surface area contributed by atoms with E-state index >= 15 is 0 Å². The van der Waals surface area contributed by atoms with Crippen molar-refractivity contribution in [2.75, 3.05) is 23.9 Å². The van der Waals surface area contributed by atoms with E-state index in [0.717, 1.165) is 26.1 Å². The molecule has 0 aromatic heterocycles. The predicted molar refractivity (Wildman–Crippen MR) is 67.6 cm³/mol. The average molecular weight is 236 g/mol. The van der Waals surface area contributed by atoms with Crippen molar-refractivity contribution in [3.05, 3.63) is 30.3 Å². The smallest absolute Gasteiger partial charge is 0.0902 e. The first-order chi connectivity index (χ1) is 7.80. The number of rotatable bonds is 1. The summed E-state index contributed by atoms with van der Waals surface area (Å²) in [4.78, 5) is 0. The summed E-state index contributed by atoms with van der Waals surface area (Å²) in [7, 11) is 0. The number of hydrogen-bond acceptors (Lipinski definition) is 4. The predicted octanol–water partition coefficient (Wildman–Crippen LogP) is 1.25. The first-order valence-electron chi connectivity index (χ1n) is 5.71. The molecule has 1 aromatic rings. The van der Waals surface area contributed by atoms with Gasteiger partial charge in [-0.25, -0.2) is 0 Å². The normalized spacial score (nSPS) is 33.8. The highest BCUT2D eigenvalue weighted by Crippen LogP contribution is 2.45. The van der Waals surface area contributed by atoms with Crippen molar-refractivity contribution in [2.45, 2.75) is 17.3 Å². The second-order valence-corrected chi connectivity index (χ2v) is 5.93. The SMILES string of the molecule is O[C@H]1CN(c2ccccc2)S[C@@]12CCNC2. The second-order valence-electron chi connectivity index (χ2n) is 4.50. The van der Waals surface area contributed by atoms with Gasteiger partial charge >= 0.3 is 0 Å². The van der Waals surface area contributed by atoms with Gasteiger partial charge in [-0.15, -0.1) is 0 Å². The van der Waals surface area contributed by atoms with Gasteiger partial charge in [-0.3, -0.25) is 0 Å². The Balaban J connectivity index is 1.82. The van der Waals surface area contributed by atoms with Crippen LogP contribution in [-0.2, 0) is 0 Å². The van der Waals surface area contributed by atoms with Gasteiger partial charge in [-0.1, -0.05) is 18.2 Å². The first kappa shape index (κ1) is 10.4. The molecule has 2 aliphatic rings. The van der Waals surface area contributed by atoms with Gasteiger partial charge in [0.15, 0.2) is 0 Å². The minimum absolute atomic E-state index is 0.00976. The number of benzene rings is 1. The van der Waals surface area contributed by atoms with Crippen LogP contribution in [0.3, 0.4) is 0 Å². The van der Waals surface area contributed by atoms with Gasteiger partial charge in [0.2, 0.25) is 0 Å². The van der Waals surface area contributed by atoms with Crippen molar-refractivity contribution < 1.29 is 5.11 Å². The number of anilines is 1. The summed E-state index contributed by atoms with van der Waals surface area (Å²) in [6.07, 6.45) is 0.829. The molecule has 3 rings (SSSR count). The maximum atomic E-state index is 10.2. The highest BCUT2D eigenvalue weighted by molar-refractivity contribution is 8.02. The number of hydrogen-bond donors (Lipinski definition) is 2. The fourth-order valence-electron chi connectivity index (χ4n) is 2.44. The van der Waals surface area contributed by atoms with E-state index in [4.69, 9.17) is 0 Å². The van der Waals surface area contributed by atoms with Crippen LogP contribution in [0.2, 0.25) is 0 Å².